The van der Waals surface area contributed by atoms with E-state index in [1.54, 1.807) is 11.8 Å². The SMILES string of the molecule is CCCCCCSc1ccccc1-c1c(C#N)c(N)[nH]c(=O)c1C#N. The number of anilines is 1. The fraction of sp³-hybridized carbons (Fsp3) is 0.316. The van der Waals surface area contributed by atoms with Gasteiger partial charge in [0, 0.05) is 10.5 Å². The smallest absolute Gasteiger partial charge is 0.268 e. The number of benzene rings is 1. The van der Waals surface area contributed by atoms with Gasteiger partial charge in [0.25, 0.3) is 5.56 Å². The monoisotopic (exact) mass is 352 g/mol. The van der Waals surface area contributed by atoms with Crippen LogP contribution in [0.25, 0.3) is 11.1 Å². The van der Waals surface area contributed by atoms with Crippen molar-refractivity contribution >= 4 is 17.6 Å². The van der Waals surface area contributed by atoms with Crippen molar-refractivity contribution in [1.29, 1.82) is 10.5 Å². The summed E-state index contributed by atoms with van der Waals surface area (Å²) >= 11 is 1.67. The highest BCUT2D eigenvalue weighted by Crippen LogP contribution is 2.36. The minimum atomic E-state index is -0.572. The lowest BCUT2D eigenvalue weighted by Gasteiger charge is -2.13. The second kappa shape index (κ2) is 8.96. The molecule has 0 fully saturated rings. The van der Waals surface area contributed by atoms with Crippen molar-refractivity contribution in [3.05, 3.63) is 45.7 Å². The van der Waals surface area contributed by atoms with Crippen molar-refractivity contribution in [3.63, 3.8) is 0 Å². The van der Waals surface area contributed by atoms with Crippen LogP contribution in [0.4, 0.5) is 5.82 Å². The molecule has 0 atom stereocenters. The van der Waals surface area contributed by atoms with E-state index in [1.165, 1.54) is 19.3 Å². The van der Waals surface area contributed by atoms with Crippen LogP contribution >= 0.6 is 11.8 Å². The van der Waals surface area contributed by atoms with Gasteiger partial charge in [-0.2, -0.15) is 10.5 Å². The Kier molecular flexibility index (Phi) is 6.68. The minimum absolute atomic E-state index is 0.00995. The summed E-state index contributed by atoms with van der Waals surface area (Å²) in [6.07, 6.45) is 4.67. The zero-order chi connectivity index (χ0) is 18.2. The van der Waals surface area contributed by atoms with Crippen LogP contribution in [0.2, 0.25) is 0 Å². The Bertz CT molecular complexity index is 890. The van der Waals surface area contributed by atoms with Crippen LogP contribution in [0.1, 0.15) is 43.7 Å². The van der Waals surface area contributed by atoms with Crippen LogP contribution in [-0.2, 0) is 0 Å². The minimum Gasteiger partial charge on any atom is -0.384 e. The summed E-state index contributed by atoms with van der Waals surface area (Å²) in [5, 5.41) is 18.9. The number of nitrogens with two attached hydrogens (primary N) is 1. The predicted octanol–water partition coefficient (Wildman–Crippen LogP) is 4.04. The zero-order valence-corrected chi connectivity index (χ0v) is 14.9. The van der Waals surface area contributed by atoms with Gasteiger partial charge < -0.3 is 10.7 Å². The first-order valence-electron chi connectivity index (χ1n) is 8.22. The van der Waals surface area contributed by atoms with E-state index < -0.39 is 5.56 Å². The predicted molar refractivity (Wildman–Crippen MR) is 101 cm³/mol. The van der Waals surface area contributed by atoms with E-state index >= 15 is 0 Å². The normalized spacial score (nSPS) is 10.2. The molecular formula is C19H20N4OS. The number of unbranched alkanes of at least 4 members (excludes halogenated alkanes) is 3. The van der Waals surface area contributed by atoms with Gasteiger partial charge >= 0.3 is 0 Å². The number of rotatable bonds is 7. The van der Waals surface area contributed by atoms with Gasteiger partial charge in [0.05, 0.1) is 0 Å². The number of pyridine rings is 1. The number of thioether (sulfide) groups is 1. The van der Waals surface area contributed by atoms with Crippen LogP contribution in [0.3, 0.4) is 0 Å². The molecular weight excluding hydrogens is 332 g/mol. The molecule has 2 rings (SSSR count). The molecule has 3 N–H and O–H groups in total. The maximum atomic E-state index is 12.1. The molecule has 6 heteroatoms. The molecule has 1 heterocycles. The van der Waals surface area contributed by atoms with E-state index in [2.05, 4.69) is 11.9 Å². The lowest BCUT2D eigenvalue weighted by Crippen LogP contribution is -2.16. The number of aromatic nitrogens is 1. The van der Waals surface area contributed by atoms with Crippen LogP contribution in [0, 0.1) is 22.7 Å². The van der Waals surface area contributed by atoms with Gasteiger partial charge in [-0.25, -0.2) is 0 Å². The summed E-state index contributed by atoms with van der Waals surface area (Å²) in [4.78, 5) is 15.4. The lowest BCUT2D eigenvalue weighted by atomic mass is 9.97. The molecule has 1 aromatic heterocycles. The number of nitrogens with one attached hydrogen (secondary N) is 1. The number of nitrogens with zero attached hydrogens (tertiary/aromatic N) is 2. The van der Waals surface area contributed by atoms with Crippen LogP contribution in [0.5, 0.6) is 0 Å². The maximum absolute atomic E-state index is 12.1. The summed E-state index contributed by atoms with van der Waals surface area (Å²) in [5.41, 5.74) is 6.31. The Morgan fingerprint density at radius 3 is 2.52 bits per heavy atom. The summed E-state index contributed by atoms with van der Waals surface area (Å²) in [6, 6.07) is 11.4. The summed E-state index contributed by atoms with van der Waals surface area (Å²) < 4.78 is 0. The third-order valence-corrected chi connectivity index (χ3v) is 5.04. The molecule has 0 saturated carbocycles. The standard InChI is InChI=1S/C19H20N4OS/c1-2-3-4-7-10-25-16-9-6-5-8-13(16)17-14(11-20)18(22)23-19(24)15(17)12-21/h5-6,8-9H,2-4,7,10H2,1H3,(H3,22,23,24). The second-order valence-electron chi connectivity index (χ2n) is 5.62. The number of H-pyrrole nitrogens is 1. The number of hydrogen-bond acceptors (Lipinski definition) is 5. The number of nitriles is 2. The topological polar surface area (TPSA) is 106 Å². The highest BCUT2D eigenvalue weighted by Gasteiger charge is 2.20. The van der Waals surface area contributed by atoms with Crippen molar-refractivity contribution in [1.82, 2.24) is 4.98 Å². The molecule has 0 bridgehead atoms. The first kappa shape index (κ1) is 18.6. The Labute approximate surface area is 151 Å². The number of nitrogen functional groups attached to an aromatic ring is 1. The lowest BCUT2D eigenvalue weighted by molar-refractivity contribution is 0.706. The van der Waals surface area contributed by atoms with Crippen LogP contribution in [-0.4, -0.2) is 10.7 Å². The van der Waals surface area contributed by atoms with Crippen LogP contribution in [0.15, 0.2) is 34.0 Å². The number of hydrogen-bond donors (Lipinski definition) is 2. The Morgan fingerprint density at radius 1 is 1.12 bits per heavy atom. The fourth-order valence-electron chi connectivity index (χ4n) is 2.62. The Morgan fingerprint density at radius 2 is 1.84 bits per heavy atom. The van der Waals surface area contributed by atoms with Gasteiger partial charge in [-0.05, 0) is 23.8 Å². The van der Waals surface area contributed by atoms with Gasteiger partial charge in [0.1, 0.15) is 29.1 Å². The van der Waals surface area contributed by atoms with Crippen LogP contribution < -0.4 is 11.3 Å². The van der Waals surface area contributed by atoms with E-state index in [1.807, 2.05) is 36.4 Å². The van der Waals surface area contributed by atoms with Crippen molar-refractivity contribution in [2.45, 2.75) is 37.5 Å². The van der Waals surface area contributed by atoms with Gasteiger partial charge in [-0.1, -0.05) is 44.4 Å². The molecule has 0 aliphatic rings. The third-order valence-electron chi connectivity index (χ3n) is 3.88. The molecule has 0 radical (unpaired) electrons. The van der Waals surface area contributed by atoms with E-state index in [0.717, 1.165) is 17.1 Å². The van der Waals surface area contributed by atoms with Crippen molar-refractivity contribution in [2.75, 3.05) is 11.5 Å². The largest absolute Gasteiger partial charge is 0.384 e. The molecule has 0 aliphatic carbocycles. The fourth-order valence-corrected chi connectivity index (χ4v) is 3.69. The van der Waals surface area contributed by atoms with E-state index in [9.17, 15) is 15.3 Å². The van der Waals surface area contributed by atoms with Gasteiger partial charge in [0.2, 0.25) is 0 Å². The zero-order valence-electron chi connectivity index (χ0n) is 14.1. The van der Waals surface area contributed by atoms with E-state index in [4.69, 9.17) is 5.73 Å². The molecule has 25 heavy (non-hydrogen) atoms. The Balaban J connectivity index is 2.48. The summed E-state index contributed by atoms with van der Waals surface area (Å²) in [6.45, 7) is 2.17. The molecule has 0 amide bonds. The molecule has 0 saturated heterocycles. The van der Waals surface area contributed by atoms with Crippen molar-refractivity contribution in [3.8, 4) is 23.3 Å². The molecule has 0 spiro atoms. The summed E-state index contributed by atoms with van der Waals surface area (Å²) in [5.74, 6) is 0.934. The second-order valence-corrected chi connectivity index (χ2v) is 6.76. The van der Waals surface area contributed by atoms with E-state index in [-0.39, 0.29) is 16.9 Å². The Hall–Kier alpha value is -2.70. The molecule has 1 aromatic carbocycles. The third kappa shape index (κ3) is 4.23. The number of aromatic amines is 1. The highest BCUT2D eigenvalue weighted by molar-refractivity contribution is 7.99. The van der Waals surface area contributed by atoms with Gasteiger partial charge in [-0.3, -0.25) is 4.79 Å². The molecule has 5 nitrogen and oxygen atoms in total. The molecule has 0 aliphatic heterocycles. The molecule has 0 unspecified atom stereocenters. The quantitative estimate of drug-likeness (QED) is 0.578. The van der Waals surface area contributed by atoms with Gasteiger partial charge in [0.15, 0.2) is 0 Å². The highest BCUT2D eigenvalue weighted by atomic mass is 32.2. The average molecular weight is 352 g/mol. The first-order valence-corrected chi connectivity index (χ1v) is 9.20. The van der Waals surface area contributed by atoms with Crippen molar-refractivity contribution in [2.24, 2.45) is 0 Å². The molecule has 128 valence electrons. The van der Waals surface area contributed by atoms with Gasteiger partial charge in [-0.15, -0.1) is 11.8 Å². The average Bonchev–Trinajstić information content (AvgIpc) is 2.61. The molecule has 2 aromatic rings. The van der Waals surface area contributed by atoms with Crippen molar-refractivity contribution < 1.29 is 0 Å². The maximum Gasteiger partial charge on any atom is 0.268 e. The van der Waals surface area contributed by atoms with E-state index in [0.29, 0.717) is 11.1 Å². The first-order chi connectivity index (χ1) is 12.1. The summed E-state index contributed by atoms with van der Waals surface area (Å²) in [7, 11) is 0.